The average molecular weight is 207 g/mol. The smallest absolute Gasteiger partial charge is 0.317 e. The molecule has 1 saturated carbocycles. The van der Waals surface area contributed by atoms with Crippen LogP contribution in [0.4, 0.5) is 4.39 Å². The topological polar surface area (TPSA) is 43.4 Å². The number of hydrogen-bond acceptors (Lipinski definition) is 3. The molecule has 13 heavy (non-hydrogen) atoms. The molecule has 72 valence electrons. The lowest BCUT2D eigenvalue weighted by molar-refractivity contribution is -0.153. The lowest BCUT2D eigenvalue weighted by Crippen LogP contribution is -2.33. The fourth-order valence-corrected chi connectivity index (χ4v) is 2.19. The molecule has 0 N–H and O–H groups in total. The molecule has 0 spiro atoms. The van der Waals surface area contributed by atoms with Crippen molar-refractivity contribution in [2.24, 2.45) is 11.8 Å². The summed E-state index contributed by atoms with van der Waals surface area (Å²) in [5.74, 6) is -2.28. The second kappa shape index (κ2) is 2.67. The van der Waals surface area contributed by atoms with E-state index in [1.807, 2.05) is 0 Å². The number of carbonyl (C=O) groups is 2. The fourth-order valence-electron chi connectivity index (χ4n) is 1.91. The highest BCUT2D eigenvalue weighted by Gasteiger charge is 2.52. The molecular formula is C8H8ClFO3. The predicted octanol–water partition coefficient (Wildman–Crippen LogP) is 1.39. The van der Waals surface area contributed by atoms with E-state index in [-0.39, 0.29) is 12.8 Å². The fraction of sp³-hybridized carbons (Fsp3) is 0.750. The first kappa shape index (κ1) is 8.94. The molecule has 3 unspecified atom stereocenters. The standard InChI is InChI=1S/C8H8ClFO3/c9-8(10)2-1-4-5(3-8)7(12)13-6(4)11/h4-5H,1-3H2. The van der Waals surface area contributed by atoms with Crippen molar-refractivity contribution in [2.45, 2.75) is 24.4 Å². The average Bonchev–Trinajstić information content (AvgIpc) is 2.26. The first-order chi connectivity index (χ1) is 5.99. The van der Waals surface area contributed by atoms with Gasteiger partial charge in [0.15, 0.2) is 5.13 Å². The highest BCUT2D eigenvalue weighted by molar-refractivity contribution is 6.23. The zero-order valence-corrected chi connectivity index (χ0v) is 7.51. The SMILES string of the molecule is O=C1OC(=O)C2CC(F)(Cl)CCC12. The summed E-state index contributed by atoms with van der Waals surface area (Å²) in [6, 6.07) is 0. The molecule has 0 radical (unpaired) electrons. The van der Waals surface area contributed by atoms with Crippen molar-refractivity contribution in [1.82, 2.24) is 0 Å². The Kier molecular flexibility index (Phi) is 1.84. The summed E-state index contributed by atoms with van der Waals surface area (Å²) < 4.78 is 17.7. The van der Waals surface area contributed by atoms with Crippen LogP contribution in [-0.2, 0) is 14.3 Å². The van der Waals surface area contributed by atoms with E-state index in [1.54, 1.807) is 0 Å². The van der Waals surface area contributed by atoms with Crippen LogP contribution in [-0.4, -0.2) is 17.1 Å². The number of halogens is 2. The molecule has 0 aromatic heterocycles. The van der Waals surface area contributed by atoms with Crippen molar-refractivity contribution in [3.05, 3.63) is 0 Å². The molecule has 3 atom stereocenters. The number of hydrogen-bond donors (Lipinski definition) is 0. The van der Waals surface area contributed by atoms with E-state index in [4.69, 9.17) is 11.6 Å². The highest BCUT2D eigenvalue weighted by atomic mass is 35.5. The van der Waals surface area contributed by atoms with Gasteiger partial charge in [0.05, 0.1) is 11.8 Å². The summed E-state index contributed by atoms with van der Waals surface area (Å²) >= 11 is 5.47. The number of fused-ring (bicyclic) bond motifs is 1. The van der Waals surface area contributed by atoms with Crippen molar-refractivity contribution in [1.29, 1.82) is 0 Å². The molecule has 1 heterocycles. The van der Waals surface area contributed by atoms with Crippen LogP contribution in [0, 0.1) is 11.8 Å². The maximum Gasteiger partial charge on any atom is 0.317 e. The van der Waals surface area contributed by atoms with Gasteiger partial charge in [0.1, 0.15) is 0 Å². The van der Waals surface area contributed by atoms with Gasteiger partial charge in [-0.05, 0) is 12.8 Å². The van der Waals surface area contributed by atoms with Gasteiger partial charge in [-0.2, -0.15) is 0 Å². The molecule has 0 bridgehead atoms. The van der Waals surface area contributed by atoms with Gasteiger partial charge in [-0.3, -0.25) is 9.59 Å². The minimum atomic E-state index is -1.84. The molecule has 2 aliphatic rings. The van der Waals surface area contributed by atoms with Crippen molar-refractivity contribution in [3.8, 4) is 0 Å². The van der Waals surface area contributed by atoms with Gasteiger partial charge < -0.3 is 4.74 Å². The highest BCUT2D eigenvalue weighted by Crippen LogP contribution is 2.45. The van der Waals surface area contributed by atoms with Crippen LogP contribution in [0.5, 0.6) is 0 Å². The lowest BCUT2D eigenvalue weighted by Gasteiger charge is -2.28. The van der Waals surface area contributed by atoms with Gasteiger partial charge >= 0.3 is 11.9 Å². The van der Waals surface area contributed by atoms with Crippen molar-refractivity contribution in [2.75, 3.05) is 0 Å². The Morgan fingerprint density at radius 2 is 2.00 bits per heavy atom. The van der Waals surface area contributed by atoms with Crippen LogP contribution in [0.15, 0.2) is 0 Å². The Bertz CT molecular complexity index is 277. The molecule has 0 amide bonds. The number of rotatable bonds is 0. The molecule has 2 rings (SSSR count). The molecular weight excluding hydrogens is 199 g/mol. The summed E-state index contributed by atoms with van der Waals surface area (Å²) in [7, 11) is 0. The summed E-state index contributed by atoms with van der Waals surface area (Å²) in [5.41, 5.74) is 0. The summed E-state index contributed by atoms with van der Waals surface area (Å²) in [6.45, 7) is 0. The third-order valence-electron chi connectivity index (χ3n) is 2.63. The molecule has 5 heteroatoms. The Morgan fingerprint density at radius 3 is 2.69 bits per heavy atom. The lowest BCUT2D eigenvalue weighted by atomic mass is 9.80. The van der Waals surface area contributed by atoms with Gasteiger partial charge in [-0.1, -0.05) is 11.6 Å². The predicted molar refractivity (Wildman–Crippen MR) is 41.6 cm³/mol. The van der Waals surface area contributed by atoms with Crippen LogP contribution in [0.1, 0.15) is 19.3 Å². The molecule has 2 fully saturated rings. The summed E-state index contributed by atoms with van der Waals surface area (Å²) in [4.78, 5) is 22.1. The first-order valence-electron chi connectivity index (χ1n) is 4.13. The van der Waals surface area contributed by atoms with E-state index in [0.29, 0.717) is 6.42 Å². The van der Waals surface area contributed by atoms with E-state index >= 15 is 0 Å². The molecule has 1 aliphatic carbocycles. The van der Waals surface area contributed by atoms with Crippen LogP contribution in [0.2, 0.25) is 0 Å². The van der Waals surface area contributed by atoms with E-state index in [0.717, 1.165) is 0 Å². The van der Waals surface area contributed by atoms with Crippen LogP contribution >= 0.6 is 11.6 Å². The van der Waals surface area contributed by atoms with Crippen LogP contribution < -0.4 is 0 Å². The molecule has 1 saturated heterocycles. The van der Waals surface area contributed by atoms with Crippen molar-refractivity contribution >= 4 is 23.5 Å². The molecule has 0 aromatic rings. The van der Waals surface area contributed by atoms with Gasteiger partial charge in [-0.15, -0.1) is 0 Å². The summed E-state index contributed by atoms with van der Waals surface area (Å²) in [6.07, 6.45) is 0.303. The Balaban J connectivity index is 2.20. The van der Waals surface area contributed by atoms with Gasteiger partial charge in [0.25, 0.3) is 0 Å². The van der Waals surface area contributed by atoms with E-state index < -0.39 is 28.9 Å². The van der Waals surface area contributed by atoms with E-state index in [9.17, 15) is 14.0 Å². The number of alkyl halides is 2. The van der Waals surface area contributed by atoms with Crippen molar-refractivity contribution < 1.29 is 18.7 Å². The second-order valence-electron chi connectivity index (χ2n) is 3.55. The maximum absolute atomic E-state index is 13.3. The first-order valence-corrected chi connectivity index (χ1v) is 4.51. The molecule has 1 aliphatic heterocycles. The zero-order chi connectivity index (χ0) is 9.64. The van der Waals surface area contributed by atoms with E-state index in [1.165, 1.54) is 0 Å². The Labute approximate surface area is 79.2 Å². The van der Waals surface area contributed by atoms with Gasteiger partial charge in [0.2, 0.25) is 0 Å². The van der Waals surface area contributed by atoms with E-state index in [2.05, 4.69) is 4.74 Å². The molecule has 3 nitrogen and oxygen atoms in total. The zero-order valence-electron chi connectivity index (χ0n) is 6.76. The third kappa shape index (κ3) is 1.43. The van der Waals surface area contributed by atoms with Gasteiger partial charge in [0, 0.05) is 6.42 Å². The van der Waals surface area contributed by atoms with Crippen LogP contribution in [0.25, 0.3) is 0 Å². The minimum Gasteiger partial charge on any atom is -0.393 e. The van der Waals surface area contributed by atoms with Crippen LogP contribution in [0.3, 0.4) is 0 Å². The number of esters is 2. The number of cyclic esters (lactones) is 2. The Hall–Kier alpha value is -0.640. The van der Waals surface area contributed by atoms with Gasteiger partial charge in [-0.25, -0.2) is 4.39 Å². The number of carbonyl (C=O) groups excluding carboxylic acids is 2. The largest absolute Gasteiger partial charge is 0.393 e. The maximum atomic E-state index is 13.3. The minimum absolute atomic E-state index is 0.107. The monoisotopic (exact) mass is 206 g/mol. The quantitative estimate of drug-likeness (QED) is 0.342. The summed E-state index contributed by atoms with van der Waals surface area (Å²) in [5, 5.41) is -1.84. The number of ether oxygens (including phenoxy) is 1. The normalized spacial score (nSPS) is 44.5. The van der Waals surface area contributed by atoms with Crippen molar-refractivity contribution in [3.63, 3.8) is 0 Å². The third-order valence-corrected chi connectivity index (χ3v) is 2.98. The second-order valence-corrected chi connectivity index (χ2v) is 4.23. The molecule has 0 aromatic carbocycles. The Morgan fingerprint density at radius 1 is 1.38 bits per heavy atom.